The van der Waals surface area contributed by atoms with Gasteiger partial charge in [-0.25, -0.2) is 4.79 Å². The van der Waals surface area contributed by atoms with Crippen molar-refractivity contribution in [2.24, 2.45) is 11.7 Å². The van der Waals surface area contributed by atoms with Gasteiger partial charge in [-0.05, 0) is 62.4 Å². The van der Waals surface area contributed by atoms with Gasteiger partial charge >= 0.3 is 12.1 Å². The summed E-state index contributed by atoms with van der Waals surface area (Å²) in [7, 11) is 0. The van der Waals surface area contributed by atoms with Crippen LogP contribution in [0.3, 0.4) is 0 Å². The molecule has 0 heterocycles. The van der Waals surface area contributed by atoms with Crippen molar-refractivity contribution >= 4 is 17.6 Å². The van der Waals surface area contributed by atoms with Crippen LogP contribution in [0.1, 0.15) is 31.7 Å². The van der Waals surface area contributed by atoms with E-state index >= 15 is 0 Å². The number of carbonyl (C=O) groups is 1. The topological polar surface area (TPSA) is 72.5 Å². The second-order valence-corrected chi connectivity index (χ2v) is 5.93. The van der Waals surface area contributed by atoms with Crippen LogP contribution in [0, 0.1) is 5.92 Å². The van der Waals surface area contributed by atoms with Gasteiger partial charge in [0.25, 0.3) is 0 Å². The van der Waals surface area contributed by atoms with Crippen molar-refractivity contribution in [1.29, 1.82) is 0 Å². The lowest BCUT2D eigenvalue weighted by atomic mass is 10.1. The average molecular weight is 354 g/mol. The van der Waals surface area contributed by atoms with Crippen LogP contribution in [0.2, 0.25) is 5.02 Å². The van der Waals surface area contributed by atoms with E-state index < -0.39 is 12.1 Å². The highest BCUT2D eigenvalue weighted by Crippen LogP contribution is 2.50. The molecular weight excluding hydrogens is 335 g/mol. The van der Waals surface area contributed by atoms with Crippen LogP contribution in [0.15, 0.2) is 18.2 Å². The molecule has 1 aliphatic rings. The van der Waals surface area contributed by atoms with E-state index in [1.807, 2.05) is 32.0 Å². The third-order valence-corrected chi connectivity index (χ3v) is 3.44. The number of alkyl halides is 3. The molecule has 0 spiro atoms. The summed E-state index contributed by atoms with van der Waals surface area (Å²) in [6.07, 6.45) is -3.74. The number of nitrogens with two attached hydrogens (primary N) is 1. The molecule has 23 heavy (non-hydrogen) atoms. The summed E-state index contributed by atoms with van der Waals surface area (Å²) in [6.45, 7) is 4.82. The van der Waals surface area contributed by atoms with Crippen LogP contribution in [0.25, 0.3) is 0 Å². The first-order valence-corrected chi connectivity index (χ1v) is 7.40. The Morgan fingerprint density at radius 3 is 2.43 bits per heavy atom. The highest BCUT2D eigenvalue weighted by molar-refractivity contribution is 6.30. The van der Waals surface area contributed by atoms with E-state index in [2.05, 4.69) is 0 Å². The van der Waals surface area contributed by atoms with Gasteiger partial charge in [-0.1, -0.05) is 11.6 Å². The van der Waals surface area contributed by atoms with Gasteiger partial charge < -0.3 is 15.6 Å². The van der Waals surface area contributed by atoms with E-state index in [1.54, 1.807) is 0 Å². The molecule has 0 aliphatic heterocycles. The van der Waals surface area contributed by atoms with Crippen molar-refractivity contribution in [1.82, 2.24) is 0 Å². The Bertz CT molecular complexity index is 549. The smallest absolute Gasteiger partial charge is 0.490 e. The minimum atomic E-state index is -5.08. The molecule has 2 atom stereocenters. The van der Waals surface area contributed by atoms with Gasteiger partial charge in [-0.3, -0.25) is 0 Å². The fourth-order valence-electron chi connectivity index (χ4n) is 2.06. The molecule has 1 fully saturated rings. The zero-order chi connectivity index (χ0) is 17.8. The van der Waals surface area contributed by atoms with E-state index in [0.717, 1.165) is 23.7 Å². The first-order chi connectivity index (χ1) is 10.6. The molecular formula is C15H19ClF3NO3. The fourth-order valence-corrected chi connectivity index (χ4v) is 2.24. The van der Waals surface area contributed by atoms with Gasteiger partial charge in [0.2, 0.25) is 0 Å². The monoisotopic (exact) mass is 353 g/mol. The average Bonchev–Trinajstić information content (AvgIpc) is 3.19. The lowest BCUT2D eigenvalue weighted by Crippen LogP contribution is -2.21. The number of hydrogen-bond acceptors (Lipinski definition) is 3. The molecule has 0 bridgehead atoms. The highest BCUT2D eigenvalue weighted by atomic mass is 35.5. The van der Waals surface area contributed by atoms with Crippen LogP contribution in [0.5, 0.6) is 5.75 Å². The van der Waals surface area contributed by atoms with Gasteiger partial charge in [-0.15, -0.1) is 0 Å². The van der Waals surface area contributed by atoms with Gasteiger partial charge in [0.05, 0.1) is 6.10 Å². The Morgan fingerprint density at radius 1 is 1.48 bits per heavy atom. The molecule has 1 aromatic rings. The second-order valence-electron chi connectivity index (χ2n) is 5.49. The molecule has 0 saturated heterocycles. The van der Waals surface area contributed by atoms with Crippen molar-refractivity contribution < 1.29 is 27.8 Å². The summed E-state index contributed by atoms with van der Waals surface area (Å²) < 4.78 is 37.5. The Balaban J connectivity index is 0.000000322. The molecule has 1 aromatic carbocycles. The van der Waals surface area contributed by atoms with Crippen LogP contribution in [-0.2, 0) is 4.79 Å². The molecule has 2 rings (SSSR count). The first-order valence-electron chi connectivity index (χ1n) is 7.02. The third-order valence-electron chi connectivity index (χ3n) is 3.20. The molecule has 0 radical (unpaired) electrons. The summed E-state index contributed by atoms with van der Waals surface area (Å²) >= 11 is 6.03. The zero-order valence-corrected chi connectivity index (χ0v) is 13.5. The van der Waals surface area contributed by atoms with E-state index in [0.29, 0.717) is 11.8 Å². The molecule has 0 aromatic heterocycles. The maximum Gasteiger partial charge on any atom is 0.490 e. The standard InChI is InChI=1S/C13H18ClNO.C2HF3O2/c1-8(2)16-13-4-3-10(14)6-12(13)11-5-9(11)7-15;3-2(4,5)1(6)7/h3-4,6,8-9,11H,5,7,15H2,1-2H3;(H,6,7)/t9-,11+;/m1./s1. The van der Waals surface area contributed by atoms with E-state index in [4.69, 9.17) is 32.0 Å². The first kappa shape index (κ1) is 19.6. The SMILES string of the molecule is CC(C)Oc1ccc(Cl)cc1[C@H]1C[C@@H]1CN.O=C(O)C(F)(F)F. The zero-order valence-electron chi connectivity index (χ0n) is 12.7. The number of carboxylic acids is 1. The van der Waals surface area contributed by atoms with Crippen molar-refractivity contribution in [3.63, 3.8) is 0 Å². The molecule has 130 valence electrons. The second kappa shape index (κ2) is 7.88. The van der Waals surface area contributed by atoms with Crippen LogP contribution < -0.4 is 10.5 Å². The molecule has 0 unspecified atom stereocenters. The number of halogens is 4. The lowest BCUT2D eigenvalue weighted by Gasteiger charge is -2.14. The van der Waals surface area contributed by atoms with Crippen LogP contribution in [-0.4, -0.2) is 29.9 Å². The molecule has 0 amide bonds. The minimum Gasteiger partial charge on any atom is -0.491 e. The van der Waals surface area contributed by atoms with Crippen LogP contribution >= 0.6 is 11.6 Å². The fraction of sp³-hybridized carbons (Fsp3) is 0.533. The molecule has 1 saturated carbocycles. The van der Waals surface area contributed by atoms with Crippen molar-refractivity contribution in [2.75, 3.05) is 6.54 Å². The molecule has 1 aliphatic carbocycles. The quantitative estimate of drug-likeness (QED) is 0.863. The Labute approximate surface area is 137 Å². The van der Waals surface area contributed by atoms with E-state index in [1.165, 1.54) is 5.56 Å². The minimum absolute atomic E-state index is 0.190. The van der Waals surface area contributed by atoms with Gasteiger partial charge in [0.15, 0.2) is 0 Å². The van der Waals surface area contributed by atoms with Gasteiger partial charge in [0, 0.05) is 5.02 Å². The lowest BCUT2D eigenvalue weighted by molar-refractivity contribution is -0.192. The van der Waals surface area contributed by atoms with E-state index in [-0.39, 0.29) is 6.10 Å². The number of carboxylic acid groups (broad SMARTS) is 1. The third kappa shape index (κ3) is 6.27. The predicted molar refractivity (Wildman–Crippen MR) is 80.8 cm³/mol. The van der Waals surface area contributed by atoms with Crippen molar-refractivity contribution in [2.45, 2.75) is 38.5 Å². The molecule has 4 nitrogen and oxygen atoms in total. The Hall–Kier alpha value is -1.47. The Morgan fingerprint density at radius 2 is 2.04 bits per heavy atom. The number of hydrogen-bond donors (Lipinski definition) is 2. The Kier molecular flexibility index (Phi) is 6.70. The summed E-state index contributed by atoms with van der Waals surface area (Å²) in [5, 5.41) is 7.90. The summed E-state index contributed by atoms with van der Waals surface area (Å²) in [4.78, 5) is 8.90. The summed E-state index contributed by atoms with van der Waals surface area (Å²) in [6, 6.07) is 5.85. The summed E-state index contributed by atoms with van der Waals surface area (Å²) in [5.74, 6) is -0.654. The van der Waals surface area contributed by atoms with Gasteiger partial charge in [0.1, 0.15) is 5.75 Å². The van der Waals surface area contributed by atoms with Crippen LogP contribution in [0.4, 0.5) is 13.2 Å². The molecule has 3 N–H and O–H groups in total. The predicted octanol–water partition coefficient (Wildman–Crippen LogP) is 3.82. The number of rotatable bonds is 4. The van der Waals surface area contributed by atoms with E-state index in [9.17, 15) is 13.2 Å². The number of aliphatic carboxylic acids is 1. The highest BCUT2D eigenvalue weighted by Gasteiger charge is 2.39. The summed E-state index contributed by atoms with van der Waals surface area (Å²) in [5.41, 5.74) is 6.90. The van der Waals surface area contributed by atoms with Crippen molar-refractivity contribution in [3.8, 4) is 5.75 Å². The van der Waals surface area contributed by atoms with Crippen molar-refractivity contribution in [3.05, 3.63) is 28.8 Å². The maximum atomic E-state index is 10.6. The number of ether oxygens (including phenoxy) is 1. The van der Waals surface area contributed by atoms with Gasteiger partial charge in [-0.2, -0.15) is 13.2 Å². The normalized spacial score (nSPS) is 19.8. The maximum absolute atomic E-state index is 10.6. The number of benzene rings is 1. The largest absolute Gasteiger partial charge is 0.491 e. The molecule has 8 heteroatoms.